The third-order valence-corrected chi connectivity index (χ3v) is 6.72. The number of pyridine rings is 2. The average Bonchev–Trinajstić information content (AvgIpc) is 2.86. The molecule has 1 saturated heterocycles. The normalized spacial score (nSPS) is 23.1. The van der Waals surface area contributed by atoms with Crippen LogP contribution in [0.15, 0.2) is 30.7 Å². The largest absolute Gasteiger partial charge is 0.492 e. The summed E-state index contributed by atoms with van der Waals surface area (Å²) in [5.41, 5.74) is -1.53. The van der Waals surface area contributed by atoms with E-state index >= 15 is 0 Å². The maximum absolute atomic E-state index is 13.1. The minimum absolute atomic E-state index is 0.0178. The first-order chi connectivity index (χ1) is 17.4. The number of alkyl halides is 6. The standard InChI is InChI=1S/C24H25F6N3O4/c25-23(26,27)15-3-1-14(2-4-15)13-37-17-7-16(9-31-10-17)33-5-6-36-21(12-33)20-8-18(22(34)35)19(11-32-20)24(28,29)30/h7-11,14-15,21H,1-6,12-13H2,(H,34,35)/t14-,15-,21?. The number of carboxylic acids is 1. The number of nitrogens with zero attached hydrogens (tertiary/aromatic N) is 3. The molecule has 1 saturated carbocycles. The van der Waals surface area contributed by atoms with Gasteiger partial charge in [0.25, 0.3) is 0 Å². The van der Waals surface area contributed by atoms with Crippen LogP contribution < -0.4 is 9.64 Å². The summed E-state index contributed by atoms with van der Waals surface area (Å²) in [5, 5.41) is 9.25. The van der Waals surface area contributed by atoms with Gasteiger partial charge in [0.15, 0.2) is 0 Å². The first-order valence-electron chi connectivity index (χ1n) is 11.7. The van der Waals surface area contributed by atoms with Crippen molar-refractivity contribution in [2.45, 2.75) is 44.1 Å². The third-order valence-electron chi connectivity index (χ3n) is 6.72. The van der Waals surface area contributed by atoms with Crippen LogP contribution in [0.3, 0.4) is 0 Å². The predicted octanol–water partition coefficient (Wildman–Crippen LogP) is 5.52. The van der Waals surface area contributed by atoms with Crippen LogP contribution in [-0.2, 0) is 10.9 Å². The Bertz CT molecular complexity index is 1100. The van der Waals surface area contributed by atoms with Gasteiger partial charge in [-0.3, -0.25) is 9.97 Å². The molecular formula is C24H25F6N3O4. The van der Waals surface area contributed by atoms with Crippen LogP contribution in [0.2, 0.25) is 0 Å². The van der Waals surface area contributed by atoms with E-state index in [9.17, 15) is 36.2 Å². The number of morpholine rings is 1. The van der Waals surface area contributed by atoms with E-state index in [4.69, 9.17) is 9.47 Å². The van der Waals surface area contributed by atoms with Crippen molar-refractivity contribution in [3.05, 3.63) is 47.5 Å². The molecule has 7 nitrogen and oxygen atoms in total. The molecule has 0 bridgehead atoms. The maximum Gasteiger partial charge on any atom is 0.418 e. The summed E-state index contributed by atoms with van der Waals surface area (Å²) in [4.78, 5) is 21.3. The fraction of sp³-hybridized carbons (Fsp3) is 0.542. The Morgan fingerprint density at radius 1 is 1.08 bits per heavy atom. The number of halogens is 6. The van der Waals surface area contributed by atoms with Crippen LogP contribution in [0.5, 0.6) is 5.75 Å². The highest BCUT2D eigenvalue weighted by atomic mass is 19.4. The molecule has 1 N–H and O–H groups in total. The van der Waals surface area contributed by atoms with E-state index in [1.54, 1.807) is 12.3 Å². The van der Waals surface area contributed by atoms with Crippen molar-refractivity contribution in [2.24, 2.45) is 11.8 Å². The number of carboxylic acid groups (broad SMARTS) is 1. The molecule has 0 spiro atoms. The van der Waals surface area contributed by atoms with Gasteiger partial charge in [0, 0.05) is 18.8 Å². The zero-order valence-electron chi connectivity index (χ0n) is 19.6. The lowest BCUT2D eigenvalue weighted by atomic mass is 9.82. The summed E-state index contributed by atoms with van der Waals surface area (Å²) in [7, 11) is 0. The Balaban J connectivity index is 1.40. The molecule has 2 aromatic rings. The molecule has 37 heavy (non-hydrogen) atoms. The second-order valence-corrected chi connectivity index (χ2v) is 9.21. The number of aromatic carboxylic acids is 1. The Morgan fingerprint density at radius 2 is 1.81 bits per heavy atom. The molecule has 1 unspecified atom stereocenters. The Labute approximate surface area is 208 Å². The smallest absolute Gasteiger partial charge is 0.418 e. The highest BCUT2D eigenvalue weighted by Gasteiger charge is 2.41. The molecule has 2 fully saturated rings. The second kappa shape index (κ2) is 10.7. The highest BCUT2D eigenvalue weighted by Crippen LogP contribution is 2.40. The van der Waals surface area contributed by atoms with Crippen molar-refractivity contribution in [1.29, 1.82) is 0 Å². The van der Waals surface area contributed by atoms with E-state index in [0.29, 0.717) is 37.0 Å². The van der Waals surface area contributed by atoms with Crippen LogP contribution in [0, 0.1) is 11.8 Å². The van der Waals surface area contributed by atoms with Crippen molar-refractivity contribution < 1.29 is 45.7 Å². The van der Waals surface area contributed by atoms with E-state index in [2.05, 4.69) is 9.97 Å². The molecule has 13 heteroatoms. The van der Waals surface area contributed by atoms with Gasteiger partial charge in [0.05, 0.1) is 60.6 Å². The highest BCUT2D eigenvalue weighted by molar-refractivity contribution is 5.89. The fourth-order valence-electron chi connectivity index (χ4n) is 4.64. The van der Waals surface area contributed by atoms with Crippen molar-refractivity contribution in [2.75, 3.05) is 31.2 Å². The van der Waals surface area contributed by atoms with Gasteiger partial charge < -0.3 is 19.5 Å². The first-order valence-corrected chi connectivity index (χ1v) is 11.7. The summed E-state index contributed by atoms with van der Waals surface area (Å²) < 4.78 is 89.5. The Hall–Kier alpha value is -3.09. The summed E-state index contributed by atoms with van der Waals surface area (Å²) in [6.07, 6.45) is -5.18. The molecule has 2 aliphatic rings. The molecular weight excluding hydrogens is 508 g/mol. The zero-order chi connectivity index (χ0) is 26.8. The number of hydrogen-bond acceptors (Lipinski definition) is 6. The van der Waals surface area contributed by atoms with E-state index in [-0.39, 0.29) is 44.2 Å². The lowest BCUT2D eigenvalue weighted by Crippen LogP contribution is -2.38. The maximum atomic E-state index is 13.1. The SMILES string of the molecule is O=C(O)c1cc(C2CN(c3cncc(OC[C@H]4CC[C@H](C(F)(F)F)CC4)c3)CCO2)ncc1C(F)(F)F. The molecule has 202 valence electrons. The summed E-state index contributed by atoms with van der Waals surface area (Å²) >= 11 is 0. The molecule has 4 rings (SSSR count). The molecule has 3 heterocycles. The zero-order valence-corrected chi connectivity index (χ0v) is 19.6. The Morgan fingerprint density at radius 3 is 2.46 bits per heavy atom. The van der Waals surface area contributed by atoms with Gasteiger partial charge in [-0.05, 0) is 37.7 Å². The van der Waals surface area contributed by atoms with Crippen LogP contribution in [-0.4, -0.2) is 53.5 Å². The lowest BCUT2D eigenvalue weighted by molar-refractivity contribution is -0.184. The van der Waals surface area contributed by atoms with Crippen molar-refractivity contribution in [1.82, 2.24) is 9.97 Å². The predicted molar refractivity (Wildman–Crippen MR) is 118 cm³/mol. The van der Waals surface area contributed by atoms with Crippen LogP contribution in [0.1, 0.15) is 53.4 Å². The molecule has 1 aliphatic heterocycles. The second-order valence-electron chi connectivity index (χ2n) is 9.21. The minimum Gasteiger partial charge on any atom is -0.492 e. The van der Waals surface area contributed by atoms with Crippen molar-refractivity contribution in [3.63, 3.8) is 0 Å². The number of aromatic nitrogens is 2. The Kier molecular flexibility index (Phi) is 7.81. The first kappa shape index (κ1) is 27.0. The van der Waals surface area contributed by atoms with E-state index in [0.717, 1.165) is 6.07 Å². The van der Waals surface area contributed by atoms with Gasteiger partial charge in [-0.15, -0.1) is 0 Å². The molecule has 0 aromatic carbocycles. The molecule has 0 amide bonds. The number of anilines is 1. The van der Waals surface area contributed by atoms with Gasteiger partial charge in [0.1, 0.15) is 11.9 Å². The van der Waals surface area contributed by atoms with Gasteiger partial charge in [-0.2, -0.15) is 26.3 Å². The van der Waals surface area contributed by atoms with Crippen molar-refractivity contribution >= 4 is 11.7 Å². The van der Waals surface area contributed by atoms with Gasteiger partial charge in [0.2, 0.25) is 0 Å². The fourth-order valence-corrected chi connectivity index (χ4v) is 4.64. The lowest BCUT2D eigenvalue weighted by Gasteiger charge is -2.34. The molecule has 0 radical (unpaired) electrons. The van der Waals surface area contributed by atoms with Gasteiger partial charge in [-0.25, -0.2) is 4.79 Å². The van der Waals surface area contributed by atoms with Gasteiger partial charge in [-0.1, -0.05) is 0 Å². The van der Waals surface area contributed by atoms with Crippen LogP contribution >= 0.6 is 0 Å². The number of hydrogen-bond donors (Lipinski definition) is 1. The molecule has 1 aliphatic carbocycles. The minimum atomic E-state index is -4.86. The van der Waals surface area contributed by atoms with Crippen LogP contribution in [0.25, 0.3) is 0 Å². The monoisotopic (exact) mass is 533 g/mol. The van der Waals surface area contributed by atoms with E-state index in [1.165, 1.54) is 6.20 Å². The average molecular weight is 533 g/mol. The molecule has 1 atom stereocenters. The number of ether oxygens (including phenoxy) is 2. The summed E-state index contributed by atoms with van der Waals surface area (Å²) in [5.74, 6) is -2.51. The van der Waals surface area contributed by atoms with E-state index in [1.807, 2.05) is 4.90 Å². The van der Waals surface area contributed by atoms with Gasteiger partial charge >= 0.3 is 18.3 Å². The van der Waals surface area contributed by atoms with Crippen molar-refractivity contribution in [3.8, 4) is 5.75 Å². The summed E-state index contributed by atoms with van der Waals surface area (Å²) in [6, 6.07) is 2.60. The summed E-state index contributed by atoms with van der Waals surface area (Å²) in [6.45, 7) is 1.11. The third kappa shape index (κ3) is 6.62. The quantitative estimate of drug-likeness (QED) is 0.490. The van der Waals surface area contributed by atoms with E-state index < -0.39 is 41.5 Å². The van der Waals surface area contributed by atoms with Crippen LogP contribution in [0.4, 0.5) is 32.0 Å². The number of carbonyl (C=O) groups is 1. The number of rotatable bonds is 6. The molecule has 2 aromatic heterocycles. The topological polar surface area (TPSA) is 84.8 Å².